The van der Waals surface area contributed by atoms with Crippen molar-refractivity contribution in [3.05, 3.63) is 35.4 Å². The number of aliphatic hydroxyl groups is 1. The van der Waals surface area contributed by atoms with Crippen LogP contribution in [0.2, 0.25) is 0 Å². The van der Waals surface area contributed by atoms with Gasteiger partial charge in [0.2, 0.25) is 5.91 Å². The Hall–Kier alpha value is -1.35. The van der Waals surface area contributed by atoms with Crippen molar-refractivity contribution in [3.63, 3.8) is 0 Å². The van der Waals surface area contributed by atoms with Crippen LogP contribution in [0.15, 0.2) is 24.3 Å². The molecule has 21 heavy (non-hydrogen) atoms. The van der Waals surface area contributed by atoms with Crippen LogP contribution >= 0.6 is 0 Å². The van der Waals surface area contributed by atoms with Crippen LogP contribution in [-0.4, -0.2) is 17.1 Å². The predicted molar refractivity (Wildman–Crippen MR) is 82.8 cm³/mol. The van der Waals surface area contributed by atoms with E-state index in [0.29, 0.717) is 0 Å². The average molecular weight is 287 g/mol. The number of amides is 1. The fourth-order valence-corrected chi connectivity index (χ4v) is 3.98. The number of carbonyl (C=O) groups excluding carboxylic acids is 1. The van der Waals surface area contributed by atoms with Gasteiger partial charge in [0, 0.05) is 0 Å². The van der Waals surface area contributed by atoms with Crippen molar-refractivity contribution in [1.82, 2.24) is 5.32 Å². The summed E-state index contributed by atoms with van der Waals surface area (Å²) in [6.07, 6.45) is 6.39. The second-order valence-corrected chi connectivity index (χ2v) is 6.75. The number of carbonyl (C=O) groups is 1. The smallest absolute Gasteiger partial charge is 0.226 e. The van der Waals surface area contributed by atoms with Gasteiger partial charge in [0.05, 0.1) is 17.6 Å². The van der Waals surface area contributed by atoms with Crippen LogP contribution in [0.3, 0.4) is 0 Å². The van der Waals surface area contributed by atoms with Gasteiger partial charge in [0.15, 0.2) is 0 Å². The van der Waals surface area contributed by atoms with E-state index < -0.39 is 6.10 Å². The first-order chi connectivity index (χ1) is 10.1. The van der Waals surface area contributed by atoms with E-state index in [2.05, 4.69) is 36.5 Å². The minimum Gasteiger partial charge on any atom is -0.392 e. The van der Waals surface area contributed by atoms with Crippen LogP contribution in [-0.2, 0) is 10.3 Å². The van der Waals surface area contributed by atoms with E-state index >= 15 is 0 Å². The van der Waals surface area contributed by atoms with Crippen molar-refractivity contribution < 1.29 is 9.90 Å². The first kappa shape index (κ1) is 14.6. The fourth-order valence-electron chi connectivity index (χ4n) is 3.98. The van der Waals surface area contributed by atoms with Crippen LogP contribution in [0.4, 0.5) is 0 Å². The molecule has 0 aliphatic heterocycles. The molecule has 2 unspecified atom stereocenters. The van der Waals surface area contributed by atoms with Gasteiger partial charge in [-0.25, -0.2) is 0 Å². The second-order valence-electron chi connectivity index (χ2n) is 6.75. The van der Waals surface area contributed by atoms with Crippen LogP contribution in [0.1, 0.15) is 56.1 Å². The van der Waals surface area contributed by atoms with Gasteiger partial charge in [-0.2, -0.15) is 0 Å². The van der Waals surface area contributed by atoms with E-state index in [4.69, 9.17) is 0 Å². The summed E-state index contributed by atoms with van der Waals surface area (Å²) in [4.78, 5) is 12.6. The maximum atomic E-state index is 12.6. The largest absolute Gasteiger partial charge is 0.392 e. The normalized spacial score (nSPS) is 27.7. The maximum absolute atomic E-state index is 12.6. The molecule has 0 radical (unpaired) electrons. The van der Waals surface area contributed by atoms with Gasteiger partial charge in [-0.1, -0.05) is 42.7 Å². The molecule has 2 N–H and O–H groups in total. The highest BCUT2D eigenvalue weighted by Gasteiger charge is 2.40. The number of hydrogen-bond acceptors (Lipinski definition) is 2. The molecule has 1 amide bonds. The molecule has 0 bridgehead atoms. The highest BCUT2D eigenvalue weighted by Crippen LogP contribution is 2.40. The zero-order chi connectivity index (χ0) is 14.9. The Morgan fingerprint density at radius 2 is 2.00 bits per heavy atom. The highest BCUT2D eigenvalue weighted by molar-refractivity contribution is 5.80. The van der Waals surface area contributed by atoms with E-state index in [-0.39, 0.29) is 17.4 Å². The van der Waals surface area contributed by atoms with Gasteiger partial charge in [0.25, 0.3) is 0 Å². The Balaban J connectivity index is 1.83. The quantitative estimate of drug-likeness (QED) is 0.897. The SMILES string of the molecule is Cc1cccc(C2(NC(=O)C3CCCC3O)CCCC2)c1. The van der Waals surface area contributed by atoms with Crippen molar-refractivity contribution in [2.75, 3.05) is 0 Å². The molecule has 2 saturated carbocycles. The lowest BCUT2D eigenvalue weighted by atomic mass is 9.86. The minimum absolute atomic E-state index is 0.0448. The van der Waals surface area contributed by atoms with Crippen molar-refractivity contribution in [3.8, 4) is 0 Å². The molecule has 3 rings (SSSR count). The maximum Gasteiger partial charge on any atom is 0.226 e. The summed E-state index contributed by atoms with van der Waals surface area (Å²) in [6, 6.07) is 8.48. The molecule has 3 nitrogen and oxygen atoms in total. The number of hydrogen-bond donors (Lipinski definition) is 2. The number of benzene rings is 1. The Morgan fingerprint density at radius 3 is 2.62 bits per heavy atom. The molecule has 2 fully saturated rings. The molecular formula is C18H25NO2. The summed E-state index contributed by atoms with van der Waals surface area (Å²) in [6.45, 7) is 2.09. The third-order valence-corrected chi connectivity index (χ3v) is 5.21. The lowest BCUT2D eigenvalue weighted by Crippen LogP contribution is -2.47. The summed E-state index contributed by atoms with van der Waals surface area (Å²) in [5, 5.41) is 13.3. The lowest BCUT2D eigenvalue weighted by Gasteiger charge is -2.33. The van der Waals surface area contributed by atoms with Crippen molar-refractivity contribution in [2.24, 2.45) is 5.92 Å². The molecule has 3 heteroatoms. The van der Waals surface area contributed by atoms with Gasteiger partial charge >= 0.3 is 0 Å². The fraction of sp³-hybridized carbons (Fsp3) is 0.611. The molecular weight excluding hydrogens is 262 g/mol. The van der Waals surface area contributed by atoms with E-state index in [1.165, 1.54) is 11.1 Å². The zero-order valence-corrected chi connectivity index (χ0v) is 12.8. The molecule has 1 aromatic carbocycles. The topological polar surface area (TPSA) is 49.3 Å². The molecule has 0 aromatic heterocycles. The van der Waals surface area contributed by atoms with Gasteiger partial charge < -0.3 is 10.4 Å². The summed E-state index contributed by atoms with van der Waals surface area (Å²) < 4.78 is 0. The number of aryl methyl sites for hydroxylation is 1. The standard InChI is InChI=1S/C18H25NO2/c1-13-6-4-7-14(12-13)18(10-2-3-11-18)19-17(21)15-8-5-9-16(15)20/h4,6-7,12,15-16,20H,2-3,5,8-11H2,1H3,(H,19,21). The number of rotatable bonds is 3. The van der Waals surface area contributed by atoms with Gasteiger partial charge in [0.1, 0.15) is 0 Å². The monoisotopic (exact) mass is 287 g/mol. The van der Waals surface area contributed by atoms with Crippen LogP contribution < -0.4 is 5.32 Å². The predicted octanol–water partition coefficient (Wildman–Crippen LogP) is 3.04. The molecule has 2 aliphatic rings. The van der Waals surface area contributed by atoms with Crippen molar-refractivity contribution in [2.45, 2.75) is 63.5 Å². The molecule has 1 aromatic rings. The highest BCUT2D eigenvalue weighted by atomic mass is 16.3. The summed E-state index contributed by atoms with van der Waals surface area (Å²) >= 11 is 0. The molecule has 2 aliphatic carbocycles. The Kier molecular flexibility index (Phi) is 4.03. The average Bonchev–Trinajstić information content (AvgIpc) is 3.08. The lowest BCUT2D eigenvalue weighted by molar-refractivity contribution is -0.129. The first-order valence-electron chi connectivity index (χ1n) is 8.18. The summed E-state index contributed by atoms with van der Waals surface area (Å²) in [5.74, 6) is -0.171. The van der Waals surface area contributed by atoms with Crippen molar-refractivity contribution >= 4 is 5.91 Å². The summed E-state index contributed by atoms with van der Waals surface area (Å²) in [5.41, 5.74) is 2.24. The summed E-state index contributed by atoms with van der Waals surface area (Å²) in [7, 11) is 0. The molecule has 0 spiro atoms. The molecule has 2 atom stereocenters. The molecule has 114 valence electrons. The van der Waals surface area contributed by atoms with Gasteiger partial charge in [-0.05, 0) is 44.6 Å². The Labute approximate surface area is 126 Å². The third-order valence-electron chi connectivity index (χ3n) is 5.21. The van der Waals surface area contributed by atoms with Gasteiger partial charge in [-0.3, -0.25) is 4.79 Å². The Morgan fingerprint density at radius 1 is 1.24 bits per heavy atom. The van der Waals surface area contributed by atoms with Crippen LogP contribution in [0, 0.1) is 12.8 Å². The first-order valence-corrected chi connectivity index (χ1v) is 8.18. The van der Waals surface area contributed by atoms with Crippen LogP contribution in [0.5, 0.6) is 0 Å². The number of nitrogens with one attached hydrogen (secondary N) is 1. The molecule has 0 heterocycles. The van der Waals surface area contributed by atoms with Gasteiger partial charge in [-0.15, -0.1) is 0 Å². The van der Waals surface area contributed by atoms with E-state index in [1.807, 2.05) is 0 Å². The van der Waals surface area contributed by atoms with E-state index in [1.54, 1.807) is 0 Å². The number of aliphatic hydroxyl groups excluding tert-OH is 1. The minimum atomic E-state index is -0.457. The van der Waals surface area contributed by atoms with E-state index in [0.717, 1.165) is 44.9 Å². The second kappa shape index (κ2) is 5.80. The van der Waals surface area contributed by atoms with E-state index in [9.17, 15) is 9.90 Å². The van der Waals surface area contributed by atoms with Crippen LogP contribution in [0.25, 0.3) is 0 Å². The third kappa shape index (κ3) is 2.84. The van der Waals surface area contributed by atoms with Crippen molar-refractivity contribution in [1.29, 1.82) is 0 Å². The molecule has 0 saturated heterocycles. The Bertz CT molecular complexity index is 520. The zero-order valence-electron chi connectivity index (χ0n) is 12.8.